The molecular weight excluding hydrogens is 506 g/mol. The summed E-state index contributed by atoms with van der Waals surface area (Å²) in [5.74, 6) is 1.37. The number of benzene rings is 2. The lowest BCUT2D eigenvalue weighted by Gasteiger charge is -2.51. The number of rotatable bonds is 8. The summed E-state index contributed by atoms with van der Waals surface area (Å²) >= 11 is 0. The largest absolute Gasteiger partial charge is 0.497 e. The van der Waals surface area contributed by atoms with E-state index in [0.717, 1.165) is 55.1 Å². The number of methoxy groups -OCH3 is 1. The molecule has 202 valence electrons. The summed E-state index contributed by atoms with van der Waals surface area (Å²) in [7, 11) is 1.57. The van der Waals surface area contributed by atoms with Crippen LogP contribution in [0.2, 0.25) is 0 Å². The maximum atomic E-state index is 13.2. The molecule has 3 aliphatic rings. The fourth-order valence-electron chi connectivity index (χ4n) is 5.70. The fourth-order valence-corrected chi connectivity index (χ4v) is 5.70. The normalized spacial score (nSPS) is 22.6. The average Bonchev–Trinajstić information content (AvgIpc) is 2.95. The van der Waals surface area contributed by atoms with Crippen molar-refractivity contribution in [1.29, 1.82) is 0 Å². The number of amides is 1. The highest BCUT2D eigenvalue weighted by molar-refractivity contribution is 5.87. The quantitative estimate of drug-likeness (QED) is 0.233. The number of aromatic nitrogens is 1. The standard InChI is InChI=1S/C27H27N5O7/c1-3-16-15-30-9-7-17(16)10-25(30)26(22-6-8-28-24-5-4-21(38-2)14-23(22)24)39-27(33)29-18-11-19(31(34)35)13-20(12-18)32(36)37/h3-6,8,11-14,16-17,25-26H,1,7,9-10,15H2,2H3,(H,29,33)/t16-,17?,25-,26+/m0/s1. The number of nitrogens with zero attached hydrogens (tertiary/aromatic N) is 4. The first-order valence-corrected chi connectivity index (χ1v) is 12.5. The van der Waals surface area contributed by atoms with Gasteiger partial charge in [0.05, 0.1) is 40.3 Å². The highest BCUT2D eigenvalue weighted by Gasteiger charge is 2.44. The van der Waals surface area contributed by atoms with Crippen LogP contribution in [0.3, 0.4) is 0 Å². The second-order valence-electron chi connectivity index (χ2n) is 9.73. The van der Waals surface area contributed by atoms with Gasteiger partial charge in [0.2, 0.25) is 0 Å². The molecule has 0 saturated carbocycles. The number of hydrogen-bond donors (Lipinski definition) is 1. The number of non-ortho nitro benzene ring substituents is 2. The molecule has 2 aromatic carbocycles. The zero-order valence-corrected chi connectivity index (χ0v) is 21.2. The predicted molar refractivity (Wildman–Crippen MR) is 143 cm³/mol. The number of ether oxygens (including phenoxy) is 2. The van der Waals surface area contributed by atoms with E-state index in [1.54, 1.807) is 19.4 Å². The summed E-state index contributed by atoms with van der Waals surface area (Å²) < 4.78 is 11.5. The summed E-state index contributed by atoms with van der Waals surface area (Å²) in [5, 5.41) is 25.8. The van der Waals surface area contributed by atoms with Gasteiger partial charge in [0.15, 0.2) is 0 Å². The van der Waals surface area contributed by atoms with Crippen molar-refractivity contribution in [2.75, 3.05) is 25.5 Å². The molecular formula is C27H27N5O7. The number of carbonyl (C=O) groups excluding carboxylic acids is 1. The van der Waals surface area contributed by atoms with Gasteiger partial charge >= 0.3 is 6.09 Å². The molecule has 3 saturated heterocycles. The van der Waals surface area contributed by atoms with Crippen molar-refractivity contribution in [3.05, 3.63) is 87.1 Å². The number of nitrogens with one attached hydrogen (secondary N) is 1. The molecule has 12 nitrogen and oxygen atoms in total. The van der Waals surface area contributed by atoms with Crippen LogP contribution in [-0.4, -0.2) is 52.1 Å². The van der Waals surface area contributed by atoms with Crippen molar-refractivity contribution in [1.82, 2.24) is 9.88 Å². The van der Waals surface area contributed by atoms with E-state index < -0.39 is 33.4 Å². The first-order chi connectivity index (χ1) is 18.8. The van der Waals surface area contributed by atoms with Crippen LogP contribution >= 0.6 is 0 Å². The molecule has 12 heteroatoms. The number of nitro groups is 2. The molecule has 3 aromatic rings. The maximum Gasteiger partial charge on any atom is 0.412 e. The van der Waals surface area contributed by atoms with Gasteiger partial charge in [0.1, 0.15) is 11.9 Å². The first-order valence-electron chi connectivity index (χ1n) is 12.5. The van der Waals surface area contributed by atoms with Gasteiger partial charge < -0.3 is 9.47 Å². The number of carbonyl (C=O) groups is 1. The van der Waals surface area contributed by atoms with Crippen molar-refractivity contribution in [3.63, 3.8) is 0 Å². The van der Waals surface area contributed by atoms with Crippen LogP contribution in [0.5, 0.6) is 5.75 Å². The van der Waals surface area contributed by atoms with Crippen LogP contribution in [0.15, 0.2) is 61.3 Å². The van der Waals surface area contributed by atoms with Gasteiger partial charge in [-0.1, -0.05) is 6.08 Å². The fraction of sp³-hybridized carbons (Fsp3) is 0.333. The molecule has 0 spiro atoms. The summed E-state index contributed by atoms with van der Waals surface area (Å²) in [6.45, 7) is 5.63. The van der Waals surface area contributed by atoms with Crippen LogP contribution in [0.1, 0.15) is 24.5 Å². The lowest BCUT2D eigenvalue weighted by Crippen LogP contribution is -2.55. The molecule has 2 bridgehead atoms. The molecule has 2 unspecified atom stereocenters. The SMILES string of the molecule is C=C[C@H]1CN2CCC1C[C@H]2[C@H](OC(=O)Nc1cc([N+](=O)[O-])cc([N+](=O)[O-])c1)c1ccnc2ccc(OC)cc12. The van der Waals surface area contributed by atoms with Crippen molar-refractivity contribution < 1.29 is 24.1 Å². The Kier molecular flexibility index (Phi) is 7.11. The second-order valence-corrected chi connectivity index (χ2v) is 9.73. The van der Waals surface area contributed by atoms with E-state index in [2.05, 4.69) is 21.8 Å². The van der Waals surface area contributed by atoms with Crippen LogP contribution in [-0.2, 0) is 4.74 Å². The monoisotopic (exact) mass is 533 g/mol. The van der Waals surface area contributed by atoms with E-state index >= 15 is 0 Å². The van der Waals surface area contributed by atoms with Gasteiger partial charge in [-0.05, 0) is 55.5 Å². The lowest BCUT2D eigenvalue weighted by molar-refractivity contribution is -0.394. The number of hydrogen-bond acceptors (Lipinski definition) is 9. The first kappa shape index (κ1) is 26.0. The van der Waals surface area contributed by atoms with Crippen LogP contribution in [0.4, 0.5) is 21.9 Å². The molecule has 5 atom stereocenters. The Morgan fingerprint density at radius 1 is 1.18 bits per heavy atom. The zero-order valence-electron chi connectivity index (χ0n) is 21.2. The number of piperidine rings is 3. The van der Waals surface area contributed by atoms with Gasteiger partial charge in [0, 0.05) is 35.8 Å². The Bertz CT molecular complexity index is 1430. The highest BCUT2D eigenvalue weighted by Crippen LogP contribution is 2.44. The van der Waals surface area contributed by atoms with E-state index in [1.165, 1.54) is 0 Å². The number of pyridine rings is 1. The van der Waals surface area contributed by atoms with E-state index in [4.69, 9.17) is 9.47 Å². The van der Waals surface area contributed by atoms with E-state index in [1.807, 2.05) is 24.3 Å². The Labute approximate surface area is 223 Å². The summed E-state index contributed by atoms with van der Waals surface area (Å²) in [4.78, 5) is 41.1. The lowest BCUT2D eigenvalue weighted by atomic mass is 9.73. The molecule has 0 aliphatic carbocycles. The van der Waals surface area contributed by atoms with Gasteiger partial charge in [-0.2, -0.15) is 0 Å². The molecule has 6 rings (SSSR count). The number of anilines is 1. The van der Waals surface area contributed by atoms with Crippen molar-refractivity contribution >= 4 is 34.1 Å². The summed E-state index contributed by atoms with van der Waals surface area (Å²) in [5.41, 5.74) is 0.297. The van der Waals surface area contributed by atoms with E-state index in [0.29, 0.717) is 23.1 Å². The van der Waals surface area contributed by atoms with E-state index in [-0.39, 0.29) is 11.7 Å². The van der Waals surface area contributed by atoms with Crippen molar-refractivity contribution in [2.45, 2.75) is 25.0 Å². The molecule has 39 heavy (non-hydrogen) atoms. The maximum absolute atomic E-state index is 13.2. The Hall–Kier alpha value is -4.58. The molecule has 0 radical (unpaired) electrons. The minimum absolute atomic E-state index is 0.113. The third-order valence-electron chi connectivity index (χ3n) is 7.60. The van der Waals surface area contributed by atoms with Crippen molar-refractivity contribution in [3.8, 4) is 5.75 Å². The molecule has 1 amide bonds. The summed E-state index contributed by atoms with van der Waals surface area (Å²) in [6, 6.07) is 10.1. The molecule has 1 aromatic heterocycles. The van der Waals surface area contributed by atoms with Gasteiger partial charge in [-0.25, -0.2) is 4.79 Å². The molecule has 3 fully saturated rings. The topological polar surface area (TPSA) is 150 Å². The Morgan fingerprint density at radius 2 is 1.92 bits per heavy atom. The third kappa shape index (κ3) is 5.23. The highest BCUT2D eigenvalue weighted by atomic mass is 16.6. The van der Waals surface area contributed by atoms with E-state index in [9.17, 15) is 25.0 Å². The average molecular weight is 534 g/mol. The van der Waals surface area contributed by atoms with Crippen LogP contribution in [0, 0.1) is 32.1 Å². The minimum Gasteiger partial charge on any atom is -0.497 e. The Morgan fingerprint density at radius 3 is 2.54 bits per heavy atom. The predicted octanol–water partition coefficient (Wildman–Crippen LogP) is 5.25. The zero-order chi connectivity index (χ0) is 27.7. The third-order valence-corrected chi connectivity index (χ3v) is 7.60. The summed E-state index contributed by atoms with van der Waals surface area (Å²) in [6.07, 6.45) is 3.84. The number of nitro benzene ring substituents is 2. The minimum atomic E-state index is -0.884. The molecule has 3 aliphatic heterocycles. The molecule has 4 heterocycles. The van der Waals surface area contributed by atoms with Gasteiger partial charge in [-0.3, -0.25) is 35.4 Å². The van der Waals surface area contributed by atoms with Crippen LogP contribution in [0.25, 0.3) is 10.9 Å². The van der Waals surface area contributed by atoms with Gasteiger partial charge in [-0.15, -0.1) is 6.58 Å². The smallest absolute Gasteiger partial charge is 0.412 e. The number of fused-ring (bicyclic) bond motifs is 4. The second kappa shape index (κ2) is 10.7. The molecule has 1 N–H and O–H groups in total. The van der Waals surface area contributed by atoms with Gasteiger partial charge in [0.25, 0.3) is 11.4 Å². The van der Waals surface area contributed by atoms with Crippen LogP contribution < -0.4 is 10.1 Å². The Balaban J connectivity index is 1.51. The van der Waals surface area contributed by atoms with Crippen molar-refractivity contribution in [2.24, 2.45) is 11.8 Å².